The van der Waals surface area contributed by atoms with Gasteiger partial charge in [-0.1, -0.05) is 20.4 Å². The van der Waals surface area contributed by atoms with Gasteiger partial charge >= 0.3 is 12.2 Å². The molecule has 210 valence electrons. The van der Waals surface area contributed by atoms with E-state index in [9.17, 15) is 28.8 Å². The van der Waals surface area contributed by atoms with Gasteiger partial charge in [0, 0.05) is 32.4 Å². The number of carbonyl (C=O) groups is 6. The zero-order valence-corrected chi connectivity index (χ0v) is 22.4. The molecule has 1 saturated heterocycles. The Morgan fingerprint density at radius 3 is 2.14 bits per heavy atom. The van der Waals surface area contributed by atoms with Crippen molar-refractivity contribution in [3.05, 3.63) is 12.4 Å². The average molecular weight is 528 g/mol. The predicted molar refractivity (Wildman–Crippen MR) is 135 cm³/mol. The third-order valence-corrected chi connectivity index (χ3v) is 5.00. The van der Waals surface area contributed by atoms with Crippen molar-refractivity contribution in [2.24, 2.45) is 5.92 Å². The highest BCUT2D eigenvalue weighted by atomic mass is 16.6. The number of imide groups is 1. The average Bonchev–Trinajstić information content (AvgIpc) is 3.03. The van der Waals surface area contributed by atoms with E-state index < -0.39 is 24.1 Å². The topological polar surface area (TPSA) is 172 Å². The minimum atomic E-state index is -0.874. The Labute approximate surface area is 218 Å². The van der Waals surface area contributed by atoms with Crippen LogP contribution in [0.15, 0.2) is 12.4 Å². The fraction of sp³-hybridized carbons (Fsp3) is 0.667. The zero-order chi connectivity index (χ0) is 28.4. The number of nitrogens with one attached hydrogen (secondary N) is 4. The summed E-state index contributed by atoms with van der Waals surface area (Å²) in [4.78, 5) is 69.6. The normalized spacial score (nSPS) is 15.1. The van der Waals surface area contributed by atoms with Gasteiger partial charge in [0.05, 0.1) is 13.2 Å². The van der Waals surface area contributed by atoms with E-state index in [1.807, 2.05) is 6.92 Å². The largest absolute Gasteiger partial charge is 0.450 e. The number of hydrogen-bond donors (Lipinski definition) is 4. The molecule has 1 aliphatic rings. The molecule has 37 heavy (non-hydrogen) atoms. The molecule has 0 aromatic carbocycles. The van der Waals surface area contributed by atoms with Crippen LogP contribution in [0, 0.1) is 5.92 Å². The predicted octanol–water partition coefficient (Wildman–Crippen LogP) is 1.53. The first kappa shape index (κ1) is 33.4. The van der Waals surface area contributed by atoms with Gasteiger partial charge in [-0.25, -0.2) is 9.59 Å². The van der Waals surface area contributed by atoms with Crippen LogP contribution in [0.2, 0.25) is 0 Å². The SMILES string of the molecule is C=C(NC(=O)CCC)NC(=O)C(CCCCNC(=O)OCC)NC(=O)OCC.CC1CC(=O)N(C)C1=O. The molecule has 0 spiro atoms. The van der Waals surface area contributed by atoms with Gasteiger partial charge in [0.1, 0.15) is 11.9 Å². The quantitative estimate of drug-likeness (QED) is 0.206. The number of nitrogens with zero attached hydrogens (tertiary/aromatic N) is 1. The number of likely N-dealkylation sites (tertiary alicyclic amines) is 1. The number of hydrogen-bond acceptors (Lipinski definition) is 8. The highest BCUT2D eigenvalue weighted by Gasteiger charge is 2.32. The van der Waals surface area contributed by atoms with Crippen LogP contribution in [-0.4, -0.2) is 73.6 Å². The van der Waals surface area contributed by atoms with Gasteiger partial charge in [-0.3, -0.25) is 24.1 Å². The molecule has 0 bridgehead atoms. The van der Waals surface area contributed by atoms with Crippen molar-refractivity contribution in [1.82, 2.24) is 26.2 Å². The molecule has 1 fully saturated rings. The summed E-state index contributed by atoms with van der Waals surface area (Å²) in [5.74, 6) is -0.945. The molecule has 6 amide bonds. The molecule has 13 heteroatoms. The molecular formula is C24H41N5O8. The molecule has 0 aromatic heterocycles. The highest BCUT2D eigenvalue weighted by Crippen LogP contribution is 2.15. The van der Waals surface area contributed by atoms with Gasteiger partial charge in [-0.2, -0.15) is 0 Å². The van der Waals surface area contributed by atoms with E-state index >= 15 is 0 Å². The Kier molecular flexibility index (Phi) is 16.8. The first-order valence-electron chi connectivity index (χ1n) is 12.4. The lowest BCUT2D eigenvalue weighted by molar-refractivity contribution is -0.137. The second-order valence-electron chi connectivity index (χ2n) is 8.22. The third kappa shape index (κ3) is 14.5. The Hall–Kier alpha value is -3.64. The zero-order valence-electron chi connectivity index (χ0n) is 22.4. The van der Waals surface area contributed by atoms with Gasteiger partial charge in [-0.15, -0.1) is 0 Å². The number of rotatable bonds is 13. The minimum Gasteiger partial charge on any atom is -0.450 e. The van der Waals surface area contributed by atoms with Crippen LogP contribution in [0.4, 0.5) is 9.59 Å². The highest BCUT2D eigenvalue weighted by molar-refractivity contribution is 6.02. The van der Waals surface area contributed by atoms with E-state index in [2.05, 4.69) is 27.8 Å². The van der Waals surface area contributed by atoms with E-state index in [-0.39, 0.29) is 42.7 Å². The lowest BCUT2D eigenvalue weighted by Gasteiger charge is -2.19. The van der Waals surface area contributed by atoms with Crippen molar-refractivity contribution < 1.29 is 38.2 Å². The van der Waals surface area contributed by atoms with E-state index in [0.29, 0.717) is 45.1 Å². The summed E-state index contributed by atoms with van der Waals surface area (Å²) in [6.07, 6.45) is 1.59. The van der Waals surface area contributed by atoms with E-state index in [1.165, 1.54) is 11.9 Å². The summed E-state index contributed by atoms with van der Waals surface area (Å²) in [5.41, 5.74) is 0. The Balaban J connectivity index is 0.00000120. The molecule has 0 aliphatic carbocycles. The Morgan fingerprint density at radius 1 is 1.03 bits per heavy atom. The molecule has 0 saturated carbocycles. The van der Waals surface area contributed by atoms with E-state index in [4.69, 9.17) is 9.47 Å². The fourth-order valence-electron chi connectivity index (χ4n) is 3.09. The molecule has 2 unspecified atom stereocenters. The van der Waals surface area contributed by atoms with Gasteiger partial charge in [0.15, 0.2) is 0 Å². The standard InChI is InChI=1S/C18H32N4O6.C6H9NO2/c1-5-10-15(23)20-13(4)21-16(24)14(22-18(26)28-7-3)11-8-9-12-19-17(25)27-6-2;1-4-3-5(8)7(2)6(4)9/h14H,4-12H2,1-3H3,(H,19,25)(H,20,23)(H,21,24)(H,22,26);4H,3H2,1-2H3. The summed E-state index contributed by atoms with van der Waals surface area (Å²) < 4.78 is 9.56. The van der Waals surface area contributed by atoms with Crippen molar-refractivity contribution in [2.45, 2.75) is 72.3 Å². The molecule has 0 aromatic rings. The van der Waals surface area contributed by atoms with Crippen molar-refractivity contribution in [3.8, 4) is 0 Å². The van der Waals surface area contributed by atoms with Crippen LogP contribution >= 0.6 is 0 Å². The molecule has 2 atom stereocenters. The van der Waals surface area contributed by atoms with Crippen LogP contribution in [0.5, 0.6) is 0 Å². The lowest BCUT2D eigenvalue weighted by Crippen LogP contribution is -2.48. The minimum absolute atomic E-state index is 0.0445. The van der Waals surface area contributed by atoms with Crippen molar-refractivity contribution >= 4 is 35.8 Å². The monoisotopic (exact) mass is 527 g/mol. The van der Waals surface area contributed by atoms with Gasteiger partial charge < -0.3 is 30.7 Å². The summed E-state index contributed by atoms with van der Waals surface area (Å²) in [6.45, 7) is 11.4. The third-order valence-electron chi connectivity index (χ3n) is 5.00. The van der Waals surface area contributed by atoms with Crippen molar-refractivity contribution in [1.29, 1.82) is 0 Å². The molecule has 1 heterocycles. The van der Waals surface area contributed by atoms with Crippen LogP contribution < -0.4 is 21.3 Å². The maximum Gasteiger partial charge on any atom is 0.407 e. The second-order valence-corrected chi connectivity index (χ2v) is 8.22. The first-order chi connectivity index (χ1) is 17.5. The van der Waals surface area contributed by atoms with Gasteiger partial charge in [0.25, 0.3) is 0 Å². The van der Waals surface area contributed by atoms with Crippen LogP contribution in [0.25, 0.3) is 0 Å². The molecule has 13 nitrogen and oxygen atoms in total. The number of ether oxygens (including phenoxy) is 2. The fourth-order valence-corrected chi connectivity index (χ4v) is 3.09. The lowest BCUT2D eigenvalue weighted by atomic mass is 10.1. The Bertz CT molecular complexity index is 817. The van der Waals surface area contributed by atoms with E-state index in [1.54, 1.807) is 20.8 Å². The van der Waals surface area contributed by atoms with E-state index in [0.717, 1.165) is 0 Å². The van der Waals surface area contributed by atoms with Gasteiger partial charge in [-0.05, 0) is 39.5 Å². The molecule has 1 aliphatic heterocycles. The van der Waals surface area contributed by atoms with Crippen LogP contribution in [0.3, 0.4) is 0 Å². The van der Waals surface area contributed by atoms with Crippen molar-refractivity contribution in [3.63, 3.8) is 0 Å². The maximum absolute atomic E-state index is 12.4. The number of unbranched alkanes of at least 4 members (excludes halogenated alkanes) is 1. The van der Waals surface area contributed by atoms with Crippen LogP contribution in [-0.2, 0) is 28.7 Å². The summed E-state index contributed by atoms with van der Waals surface area (Å²) in [5, 5.41) is 10.0. The van der Waals surface area contributed by atoms with Gasteiger partial charge in [0.2, 0.25) is 23.6 Å². The van der Waals surface area contributed by atoms with Crippen LogP contribution in [0.1, 0.15) is 66.2 Å². The Morgan fingerprint density at radius 2 is 1.65 bits per heavy atom. The number of amides is 6. The smallest absolute Gasteiger partial charge is 0.407 e. The maximum atomic E-state index is 12.4. The first-order valence-corrected chi connectivity index (χ1v) is 12.4. The molecular weight excluding hydrogens is 486 g/mol. The number of carbonyl (C=O) groups excluding carboxylic acids is 6. The second kappa shape index (κ2) is 18.6. The van der Waals surface area contributed by atoms with Crippen molar-refractivity contribution in [2.75, 3.05) is 26.8 Å². The summed E-state index contributed by atoms with van der Waals surface area (Å²) in [6, 6.07) is -0.874. The molecule has 4 N–H and O–H groups in total. The summed E-state index contributed by atoms with van der Waals surface area (Å²) >= 11 is 0. The molecule has 0 radical (unpaired) electrons. The molecule has 1 rings (SSSR count). The number of alkyl carbamates (subject to hydrolysis) is 2. The summed E-state index contributed by atoms with van der Waals surface area (Å²) in [7, 11) is 1.52.